The highest BCUT2D eigenvalue weighted by molar-refractivity contribution is 5.88. The van der Waals surface area contributed by atoms with Gasteiger partial charge >= 0.3 is 5.97 Å². The summed E-state index contributed by atoms with van der Waals surface area (Å²) < 4.78 is 16.6. The van der Waals surface area contributed by atoms with Crippen LogP contribution in [0, 0.1) is 11.8 Å². The van der Waals surface area contributed by atoms with Crippen molar-refractivity contribution in [1.29, 1.82) is 0 Å². The zero-order valence-corrected chi connectivity index (χ0v) is 18.6. The average Bonchev–Trinajstić information content (AvgIpc) is 2.76. The van der Waals surface area contributed by atoms with E-state index in [1.807, 2.05) is 24.3 Å². The van der Waals surface area contributed by atoms with E-state index in [0.29, 0.717) is 13.2 Å². The monoisotopic (exact) mass is 414 g/mol. The van der Waals surface area contributed by atoms with Crippen LogP contribution in [0.1, 0.15) is 89.0 Å². The van der Waals surface area contributed by atoms with E-state index in [-0.39, 0.29) is 6.10 Å². The molecular weight excluding hydrogens is 376 g/mol. The standard InChI is InChI=1S/C26H38O4/c1-28-24-19-17-23(18-20-24)21-29-22-25-15-13-11-9-7-5-3-2-4-6-8-10-12-14-16-26(27)30-25/h17-20,25H,2-13,15,21-22H2,1H3. The van der Waals surface area contributed by atoms with Gasteiger partial charge in [-0.3, -0.25) is 0 Å². The normalized spacial score (nSPS) is 20.2. The lowest BCUT2D eigenvalue weighted by Gasteiger charge is -2.17. The number of ether oxygens (including phenoxy) is 3. The van der Waals surface area contributed by atoms with Crippen LogP contribution < -0.4 is 4.74 Å². The Kier molecular flexibility index (Phi) is 12.8. The maximum absolute atomic E-state index is 12.1. The SMILES string of the molecule is COc1ccc(COCC2CCCCCCCCCCCCCC#CC(=O)O2)cc1. The topological polar surface area (TPSA) is 44.8 Å². The van der Waals surface area contributed by atoms with Crippen LogP contribution in [-0.2, 0) is 20.9 Å². The number of esters is 1. The number of methoxy groups -OCH3 is 1. The summed E-state index contributed by atoms with van der Waals surface area (Å²) in [7, 11) is 1.66. The van der Waals surface area contributed by atoms with Crippen LogP contribution in [0.4, 0.5) is 0 Å². The summed E-state index contributed by atoms with van der Waals surface area (Å²) in [6, 6.07) is 7.82. The van der Waals surface area contributed by atoms with Crippen molar-refractivity contribution < 1.29 is 19.0 Å². The first-order valence-corrected chi connectivity index (χ1v) is 11.7. The van der Waals surface area contributed by atoms with Gasteiger partial charge in [-0.1, -0.05) is 75.8 Å². The Balaban J connectivity index is 1.81. The van der Waals surface area contributed by atoms with Crippen molar-refractivity contribution in [3.8, 4) is 17.6 Å². The van der Waals surface area contributed by atoms with Crippen LogP contribution in [0.3, 0.4) is 0 Å². The molecule has 0 radical (unpaired) electrons. The Morgan fingerprint density at radius 3 is 2.13 bits per heavy atom. The van der Waals surface area contributed by atoms with Crippen molar-refractivity contribution in [2.24, 2.45) is 0 Å². The predicted molar refractivity (Wildman–Crippen MR) is 120 cm³/mol. The lowest BCUT2D eigenvalue weighted by Crippen LogP contribution is -2.23. The second-order valence-corrected chi connectivity index (χ2v) is 8.12. The third kappa shape index (κ3) is 11.3. The Morgan fingerprint density at radius 2 is 1.50 bits per heavy atom. The number of benzene rings is 1. The summed E-state index contributed by atoms with van der Waals surface area (Å²) in [5, 5.41) is 0. The Morgan fingerprint density at radius 1 is 0.900 bits per heavy atom. The van der Waals surface area contributed by atoms with Crippen molar-refractivity contribution in [1.82, 2.24) is 0 Å². The number of carbonyl (C=O) groups excluding carboxylic acids is 1. The van der Waals surface area contributed by atoms with E-state index in [0.717, 1.165) is 37.0 Å². The molecule has 1 aromatic rings. The molecule has 4 heteroatoms. The number of rotatable bonds is 5. The molecule has 0 fully saturated rings. The third-order valence-corrected chi connectivity index (χ3v) is 5.52. The zero-order valence-electron chi connectivity index (χ0n) is 18.6. The summed E-state index contributed by atoms with van der Waals surface area (Å²) in [4.78, 5) is 12.1. The molecule has 0 saturated carbocycles. The molecule has 1 aromatic carbocycles. The minimum Gasteiger partial charge on any atom is -0.497 e. The first-order valence-electron chi connectivity index (χ1n) is 11.7. The van der Waals surface area contributed by atoms with Gasteiger partial charge in [-0.25, -0.2) is 4.79 Å². The van der Waals surface area contributed by atoms with Crippen molar-refractivity contribution in [3.63, 3.8) is 0 Å². The molecular formula is C26H38O4. The fraction of sp³-hybridized carbons (Fsp3) is 0.654. The maximum Gasteiger partial charge on any atom is 0.384 e. The van der Waals surface area contributed by atoms with E-state index in [9.17, 15) is 4.79 Å². The largest absolute Gasteiger partial charge is 0.497 e. The molecule has 2 rings (SSSR count). The first-order chi connectivity index (χ1) is 14.8. The summed E-state index contributed by atoms with van der Waals surface area (Å²) in [5.74, 6) is 6.04. The summed E-state index contributed by atoms with van der Waals surface area (Å²) in [6.07, 6.45) is 15.1. The summed E-state index contributed by atoms with van der Waals surface area (Å²) in [6.45, 7) is 0.892. The highest BCUT2D eigenvalue weighted by Crippen LogP contribution is 2.16. The van der Waals surface area contributed by atoms with E-state index >= 15 is 0 Å². The van der Waals surface area contributed by atoms with Gasteiger partial charge < -0.3 is 14.2 Å². The molecule has 0 spiro atoms. The van der Waals surface area contributed by atoms with Gasteiger partial charge in [0.05, 0.1) is 20.3 Å². The molecule has 30 heavy (non-hydrogen) atoms. The number of cyclic esters (lactones) is 1. The van der Waals surface area contributed by atoms with E-state index in [1.165, 1.54) is 57.8 Å². The van der Waals surface area contributed by atoms with Gasteiger partial charge in [0.15, 0.2) is 0 Å². The molecule has 1 atom stereocenters. The molecule has 0 saturated heterocycles. The van der Waals surface area contributed by atoms with E-state index in [2.05, 4.69) is 11.8 Å². The maximum atomic E-state index is 12.1. The number of hydrogen-bond donors (Lipinski definition) is 0. The highest BCUT2D eigenvalue weighted by atomic mass is 16.6. The molecule has 0 N–H and O–H groups in total. The number of hydrogen-bond acceptors (Lipinski definition) is 4. The second kappa shape index (κ2) is 15.8. The zero-order chi connectivity index (χ0) is 21.3. The lowest BCUT2D eigenvalue weighted by molar-refractivity contribution is -0.145. The summed E-state index contributed by atoms with van der Waals surface area (Å²) >= 11 is 0. The summed E-state index contributed by atoms with van der Waals surface area (Å²) in [5.41, 5.74) is 1.07. The molecule has 1 unspecified atom stereocenters. The molecule has 0 aliphatic carbocycles. The van der Waals surface area contributed by atoms with Gasteiger partial charge in [0.25, 0.3) is 0 Å². The van der Waals surface area contributed by atoms with Crippen LogP contribution in [-0.4, -0.2) is 25.8 Å². The van der Waals surface area contributed by atoms with Gasteiger partial charge in [-0.05, 0) is 37.0 Å². The van der Waals surface area contributed by atoms with Gasteiger partial charge in [0, 0.05) is 12.3 Å². The molecule has 1 aliphatic heterocycles. The molecule has 1 heterocycles. The predicted octanol–water partition coefficient (Wildman–Crippen LogP) is 6.21. The Bertz CT molecular complexity index is 641. The fourth-order valence-corrected chi connectivity index (χ4v) is 3.70. The highest BCUT2D eigenvalue weighted by Gasteiger charge is 2.14. The molecule has 166 valence electrons. The fourth-order valence-electron chi connectivity index (χ4n) is 3.70. The van der Waals surface area contributed by atoms with E-state index in [1.54, 1.807) is 7.11 Å². The van der Waals surface area contributed by atoms with Crippen LogP contribution in [0.15, 0.2) is 24.3 Å². The number of carbonyl (C=O) groups is 1. The van der Waals surface area contributed by atoms with Crippen LogP contribution in [0.25, 0.3) is 0 Å². The van der Waals surface area contributed by atoms with E-state index in [4.69, 9.17) is 14.2 Å². The van der Waals surface area contributed by atoms with Gasteiger partial charge in [0.1, 0.15) is 11.9 Å². The average molecular weight is 415 g/mol. The van der Waals surface area contributed by atoms with Gasteiger partial charge in [-0.2, -0.15) is 0 Å². The quantitative estimate of drug-likeness (QED) is 0.326. The van der Waals surface area contributed by atoms with E-state index < -0.39 is 5.97 Å². The Labute approximate surface area is 182 Å². The minimum atomic E-state index is -0.422. The van der Waals surface area contributed by atoms with Gasteiger partial charge in [-0.15, -0.1) is 0 Å². The molecule has 1 aliphatic rings. The van der Waals surface area contributed by atoms with Crippen LogP contribution >= 0.6 is 0 Å². The minimum absolute atomic E-state index is 0.232. The lowest BCUT2D eigenvalue weighted by atomic mass is 10.0. The first kappa shape index (κ1) is 24.3. The molecule has 0 bridgehead atoms. The van der Waals surface area contributed by atoms with Crippen LogP contribution in [0.5, 0.6) is 5.75 Å². The van der Waals surface area contributed by atoms with Crippen LogP contribution in [0.2, 0.25) is 0 Å². The third-order valence-electron chi connectivity index (χ3n) is 5.52. The smallest absolute Gasteiger partial charge is 0.384 e. The molecule has 0 aromatic heterocycles. The van der Waals surface area contributed by atoms with Crippen molar-refractivity contribution in [2.75, 3.05) is 13.7 Å². The molecule has 0 amide bonds. The Hall–Kier alpha value is -1.99. The molecule has 4 nitrogen and oxygen atoms in total. The second-order valence-electron chi connectivity index (χ2n) is 8.12. The van der Waals surface area contributed by atoms with Crippen molar-refractivity contribution in [3.05, 3.63) is 29.8 Å². The van der Waals surface area contributed by atoms with Gasteiger partial charge in [0.2, 0.25) is 0 Å². The van der Waals surface area contributed by atoms with Crippen molar-refractivity contribution in [2.45, 2.75) is 96.2 Å². The van der Waals surface area contributed by atoms with Crippen molar-refractivity contribution >= 4 is 5.97 Å².